The van der Waals surface area contributed by atoms with Crippen molar-refractivity contribution < 1.29 is 9.21 Å². The second kappa shape index (κ2) is 6.83. The van der Waals surface area contributed by atoms with E-state index in [9.17, 15) is 4.79 Å². The van der Waals surface area contributed by atoms with Crippen molar-refractivity contribution in [2.45, 2.75) is 38.3 Å². The molecule has 0 radical (unpaired) electrons. The Morgan fingerprint density at radius 1 is 1.55 bits per heavy atom. The highest BCUT2D eigenvalue weighted by Crippen LogP contribution is 2.37. The third-order valence-corrected chi connectivity index (χ3v) is 5.69. The van der Waals surface area contributed by atoms with Crippen LogP contribution in [0, 0.1) is 5.92 Å². The summed E-state index contributed by atoms with van der Waals surface area (Å²) in [5.74, 6) is 2.07. The average Bonchev–Trinajstić information content (AvgIpc) is 3.09. The molecule has 1 aliphatic carbocycles. The van der Waals surface area contributed by atoms with Gasteiger partial charge in [0, 0.05) is 24.1 Å². The monoisotopic (exact) mass is 337 g/mol. The molecule has 22 heavy (non-hydrogen) atoms. The zero-order valence-electron chi connectivity index (χ0n) is 12.7. The molecule has 5 nitrogen and oxygen atoms in total. The van der Waals surface area contributed by atoms with Crippen molar-refractivity contribution in [3.63, 3.8) is 0 Å². The molecule has 0 saturated carbocycles. The van der Waals surface area contributed by atoms with Crippen molar-refractivity contribution >= 4 is 29.0 Å². The minimum absolute atomic E-state index is 0.0230. The maximum atomic E-state index is 10.8. The summed E-state index contributed by atoms with van der Waals surface area (Å²) in [7, 11) is 0. The number of carbonyl (C=O) groups is 1. The number of carbonyl (C=O) groups excluding carboxylic acids is 1. The fraction of sp³-hybridized carbons (Fsp3) is 0.533. The second-order valence-corrected chi connectivity index (χ2v) is 7.79. The summed E-state index contributed by atoms with van der Waals surface area (Å²) in [6, 6.07) is 2.20. The molecule has 0 fully saturated rings. The highest BCUT2D eigenvalue weighted by molar-refractivity contribution is 7.99. The van der Waals surface area contributed by atoms with Gasteiger partial charge in [0.15, 0.2) is 0 Å². The first kappa shape index (κ1) is 15.6. The van der Waals surface area contributed by atoms with Crippen LogP contribution in [-0.2, 0) is 17.6 Å². The minimum Gasteiger partial charge on any atom is -0.410 e. The molecule has 3 rings (SSSR count). The fourth-order valence-corrected chi connectivity index (χ4v) is 4.29. The lowest BCUT2D eigenvalue weighted by atomic mass is 9.90. The predicted molar refractivity (Wildman–Crippen MR) is 88.2 cm³/mol. The Labute approximate surface area is 137 Å². The van der Waals surface area contributed by atoms with E-state index >= 15 is 0 Å². The maximum Gasteiger partial charge on any atom is 0.276 e. The number of aryl methyl sites for hydroxylation is 1. The highest BCUT2D eigenvalue weighted by Gasteiger charge is 2.20. The van der Waals surface area contributed by atoms with Crippen LogP contribution in [0.25, 0.3) is 10.8 Å². The summed E-state index contributed by atoms with van der Waals surface area (Å²) < 4.78 is 5.72. The van der Waals surface area contributed by atoms with Gasteiger partial charge in [0.1, 0.15) is 0 Å². The van der Waals surface area contributed by atoms with Gasteiger partial charge >= 0.3 is 0 Å². The van der Waals surface area contributed by atoms with E-state index in [4.69, 9.17) is 4.42 Å². The Balaban J connectivity index is 1.63. The Hall–Kier alpha value is -1.34. The van der Waals surface area contributed by atoms with E-state index in [1.54, 1.807) is 11.3 Å². The predicted octanol–water partition coefficient (Wildman–Crippen LogP) is 3.15. The number of amides is 1. The molecule has 0 spiro atoms. The first-order valence-electron chi connectivity index (χ1n) is 7.44. The number of fused-ring (bicyclic) bond motifs is 1. The average molecular weight is 337 g/mol. The molecule has 2 heterocycles. The van der Waals surface area contributed by atoms with E-state index in [1.165, 1.54) is 35.5 Å². The van der Waals surface area contributed by atoms with Crippen LogP contribution >= 0.6 is 23.1 Å². The normalized spacial score (nSPS) is 17.3. The standard InChI is InChI=1S/C15H19N3O2S2/c1-9-3-4-12-11(7-9)8-13(22-12)14-17-18-15(20-14)21-6-5-16-10(2)19/h8-9H,3-7H2,1-2H3,(H,16,19)/t9-/m1/s1. The number of hydrogen-bond donors (Lipinski definition) is 1. The van der Waals surface area contributed by atoms with Crippen LogP contribution in [0.2, 0.25) is 0 Å². The lowest BCUT2D eigenvalue weighted by Gasteiger charge is -2.16. The van der Waals surface area contributed by atoms with Gasteiger partial charge in [-0.1, -0.05) is 18.7 Å². The third kappa shape index (κ3) is 3.70. The Kier molecular flexibility index (Phi) is 4.83. The number of hydrogen-bond acceptors (Lipinski definition) is 6. The molecule has 0 unspecified atom stereocenters. The second-order valence-electron chi connectivity index (χ2n) is 5.61. The van der Waals surface area contributed by atoms with Crippen molar-refractivity contribution in [2.24, 2.45) is 5.92 Å². The summed E-state index contributed by atoms with van der Waals surface area (Å²) in [5, 5.41) is 11.5. The topological polar surface area (TPSA) is 68.0 Å². The number of thioether (sulfide) groups is 1. The zero-order chi connectivity index (χ0) is 15.5. The van der Waals surface area contributed by atoms with Crippen LogP contribution in [0.3, 0.4) is 0 Å². The molecular formula is C15H19N3O2S2. The van der Waals surface area contributed by atoms with E-state index in [0.29, 0.717) is 17.7 Å². The molecule has 0 aromatic carbocycles. The molecule has 2 aromatic heterocycles. The quantitative estimate of drug-likeness (QED) is 0.670. The number of aromatic nitrogens is 2. The maximum absolute atomic E-state index is 10.8. The first-order valence-corrected chi connectivity index (χ1v) is 9.24. The molecule has 1 aliphatic rings. The van der Waals surface area contributed by atoms with Crippen LogP contribution in [-0.4, -0.2) is 28.4 Å². The summed E-state index contributed by atoms with van der Waals surface area (Å²) >= 11 is 3.24. The Morgan fingerprint density at radius 3 is 3.23 bits per heavy atom. The van der Waals surface area contributed by atoms with Gasteiger partial charge in [-0.3, -0.25) is 4.79 Å². The molecular weight excluding hydrogens is 318 g/mol. The Morgan fingerprint density at radius 2 is 2.41 bits per heavy atom. The fourth-order valence-electron chi connectivity index (χ4n) is 2.54. The minimum atomic E-state index is -0.0230. The van der Waals surface area contributed by atoms with Crippen LogP contribution < -0.4 is 5.32 Å². The van der Waals surface area contributed by atoms with E-state index in [1.807, 2.05) is 0 Å². The van der Waals surface area contributed by atoms with E-state index in [2.05, 4.69) is 28.5 Å². The summed E-state index contributed by atoms with van der Waals surface area (Å²) in [4.78, 5) is 13.3. The molecule has 7 heteroatoms. The van der Waals surface area contributed by atoms with Crippen LogP contribution in [0.4, 0.5) is 0 Å². The summed E-state index contributed by atoms with van der Waals surface area (Å²) in [6.07, 6.45) is 3.58. The summed E-state index contributed by atoms with van der Waals surface area (Å²) in [6.45, 7) is 4.41. The molecule has 1 N–H and O–H groups in total. The smallest absolute Gasteiger partial charge is 0.276 e. The molecule has 0 saturated heterocycles. The number of nitrogens with zero attached hydrogens (tertiary/aromatic N) is 2. The first-order chi connectivity index (χ1) is 10.6. The van der Waals surface area contributed by atoms with Crippen LogP contribution in [0.5, 0.6) is 0 Å². The van der Waals surface area contributed by atoms with E-state index < -0.39 is 0 Å². The van der Waals surface area contributed by atoms with Crippen molar-refractivity contribution in [1.29, 1.82) is 0 Å². The molecule has 0 aliphatic heterocycles. The van der Waals surface area contributed by atoms with E-state index in [-0.39, 0.29) is 5.91 Å². The van der Waals surface area contributed by atoms with Gasteiger partial charge in [-0.05, 0) is 36.8 Å². The lowest BCUT2D eigenvalue weighted by Crippen LogP contribution is -2.22. The van der Waals surface area contributed by atoms with Gasteiger partial charge in [-0.25, -0.2) is 0 Å². The number of thiophene rings is 1. The lowest BCUT2D eigenvalue weighted by molar-refractivity contribution is -0.118. The van der Waals surface area contributed by atoms with Gasteiger partial charge in [-0.15, -0.1) is 21.5 Å². The number of rotatable bonds is 5. The zero-order valence-corrected chi connectivity index (χ0v) is 14.4. The number of nitrogens with one attached hydrogen (secondary N) is 1. The molecule has 1 atom stereocenters. The largest absolute Gasteiger partial charge is 0.410 e. The van der Waals surface area contributed by atoms with Crippen molar-refractivity contribution in [1.82, 2.24) is 15.5 Å². The van der Waals surface area contributed by atoms with Crippen molar-refractivity contribution in [3.8, 4) is 10.8 Å². The van der Waals surface area contributed by atoms with Crippen LogP contribution in [0.1, 0.15) is 30.7 Å². The molecule has 118 valence electrons. The van der Waals surface area contributed by atoms with Gasteiger partial charge < -0.3 is 9.73 Å². The van der Waals surface area contributed by atoms with Gasteiger partial charge in [0.05, 0.1) is 4.88 Å². The molecule has 0 bridgehead atoms. The third-order valence-electron chi connectivity index (χ3n) is 3.65. The van der Waals surface area contributed by atoms with Crippen molar-refractivity contribution in [2.75, 3.05) is 12.3 Å². The Bertz CT molecular complexity index is 666. The van der Waals surface area contributed by atoms with E-state index in [0.717, 1.165) is 29.4 Å². The molecule has 2 aromatic rings. The van der Waals surface area contributed by atoms with Crippen molar-refractivity contribution in [3.05, 3.63) is 16.5 Å². The van der Waals surface area contributed by atoms with Crippen LogP contribution in [0.15, 0.2) is 15.7 Å². The SMILES string of the molecule is CC(=O)NCCSc1nnc(-c2cc3c(s2)CC[C@@H](C)C3)o1. The summed E-state index contributed by atoms with van der Waals surface area (Å²) in [5.41, 5.74) is 1.44. The molecule has 1 amide bonds. The van der Waals surface area contributed by atoms with Gasteiger partial charge in [0.25, 0.3) is 11.1 Å². The van der Waals surface area contributed by atoms with Gasteiger partial charge in [0.2, 0.25) is 5.91 Å². The van der Waals surface area contributed by atoms with Gasteiger partial charge in [-0.2, -0.15) is 0 Å². The highest BCUT2D eigenvalue weighted by atomic mass is 32.2.